The second-order valence-corrected chi connectivity index (χ2v) is 8.91. The van der Waals surface area contributed by atoms with Crippen molar-refractivity contribution >= 4 is 23.0 Å². The van der Waals surface area contributed by atoms with Crippen molar-refractivity contribution in [3.8, 4) is 11.5 Å². The lowest BCUT2D eigenvalue weighted by molar-refractivity contribution is 0.0734. The largest absolute Gasteiger partial charge is 0.494 e. The van der Waals surface area contributed by atoms with Crippen molar-refractivity contribution < 1.29 is 14.3 Å². The average molecular weight is 480 g/mol. The van der Waals surface area contributed by atoms with Crippen LogP contribution in [0, 0.1) is 0 Å². The molecule has 4 aromatic carbocycles. The summed E-state index contributed by atoms with van der Waals surface area (Å²) >= 11 is 0. The summed E-state index contributed by atoms with van der Waals surface area (Å²) in [4.78, 5) is 17.3. The molecule has 0 fully saturated rings. The van der Waals surface area contributed by atoms with Gasteiger partial charge in [0.1, 0.15) is 11.5 Å². The Kier molecular flexibility index (Phi) is 8.87. The number of unbranched alkanes of at least 4 members (excludes halogenated alkanes) is 3. The standard InChI is InChI=1S/C32H33NO3/c1-3-4-5-8-22-35-28-20-16-27(17-21-28)32(34)36-29-18-14-25(15-19-29)23-33-24(2)30-13-9-11-26-10-6-7-12-31(26)30/h6-7,9-21,23-24H,3-5,8,22H2,1-2H3/t24-/m1/s1. The minimum atomic E-state index is -0.393. The monoisotopic (exact) mass is 479 g/mol. The first-order valence-corrected chi connectivity index (χ1v) is 12.7. The van der Waals surface area contributed by atoms with Crippen molar-refractivity contribution in [1.82, 2.24) is 0 Å². The zero-order chi connectivity index (χ0) is 25.2. The normalized spacial score (nSPS) is 12.1. The maximum atomic E-state index is 12.5. The van der Waals surface area contributed by atoms with Crippen LogP contribution in [0.2, 0.25) is 0 Å². The Hall–Kier alpha value is -3.92. The number of carbonyl (C=O) groups excluding carboxylic acids is 1. The first kappa shape index (κ1) is 25.2. The molecule has 0 heterocycles. The molecule has 0 bridgehead atoms. The lowest BCUT2D eigenvalue weighted by Gasteiger charge is -2.10. The summed E-state index contributed by atoms with van der Waals surface area (Å²) in [5.74, 6) is 0.871. The number of carbonyl (C=O) groups is 1. The van der Waals surface area contributed by atoms with Gasteiger partial charge in [0.2, 0.25) is 0 Å². The van der Waals surface area contributed by atoms with E-state index in [-0.39, 0.29) is 6.04 Å². The zero-order valence-corrected chi connectivity index (χ0v) is 21.0. The second-order valence-electron chi connectivity index (χ2n) is 8.91. The highest BCUT2D eigenvalue weighted by Gasteiger charge is 2.10. The van der Waals surface area contributed by atoms with Gasteiger partial charge in [0.25, 0.3) is 0 Å². The van der Waals surface area contributed by atoms with Crippen LogP contribution in [0.4, 0.5) is 0 Å². The topological polar surface area (TPSA) is 47.9 Å². The van der Waals surface area contributed by atoms with Gasteiger partial charge in [0.15, 0.2) is 0 Å². The Balaban J connectivity index is 1.31. The summed E-state index contributed by atoms with van der Waals surface area (Å²) < 4.78 is 11.3. The first-order valence-electron chi connectivity index (χ1n) is 12.7. The predicted octanol–water partition coefficient (Wildman–Crippen LogP) is 8.20. The third-order valence-corrected chi connectivity index (χ3v) is 6.17. The number of esters is 1. The Bertz CT molecular complexity index is 1290. The van der Waals surface area contributed by atoms with Gasteiger partial charge in [-0.1, -0.05) is 68.7 Å². The second kappa shape index (κ2) is 12.7. The molecule has 184 valence electrons. The minimum absolute atomic E-state index is 0.0249. The van der Waals surface area contributed by atoms with Crippen molar-refractivity contribution in [3.63, 3.8) is 0 Å². The zero-order valence-electron chi connectivity index (χ0n) is 21.0. The van der Waals surface area contributed by atoms with Gasteiger partial charge in [-0.15, -0.1) is 0 Å². The first-order chi connectivity index (χ1) is 17.6. The van der Waals surface area contributed by atoms with Crippen molar-refractivity contribution in [2.75, 3.05) is 6.61 Å². The molecule has 4 rings (SSSR count). The van der Waals surface area contributed by atoms with E-state index >= 15 is 0 Å². The number of rotatable bonds is 11. The maximum absolute atomic E-state index is 12.5. The van der Waals surface area contributed by atoms with Crippen molar-refractivity contribution in [1.29, 1.82) is 0 Å². The van der Waals surface area contributed by atoms with E-state index in [2.05, 4.69) is 50.2 Å². The molecule has 0 aliphatic heterocycles. The van der Waals surface area contributed by atoms with Gasteiger partial charge < -0.3 is 9.47 Å². The van der Waals surface area contributed by atoms with Gasteiger partial charge in [-0.2, -0.15) is 0 Å². The van der Waals surface area contributed by atoms with Crippen molar-refractivity contribution in [2.45, 2.75) is 45.6 Å². The number of benzene rings is 4. The lowest BCUT2D eigenvalue weighted by atomic mass is 10.00. The predicted molar refractivity (Wildman–Crippen MR) is 147 cm³/mol. The van der Waals surface area contributed by atoms with E-state index in [1.165, 1.54) is 35.6 Å². The van der Waals surface area contributed by atoms with E-state index in [1.807, 2.05) is 36.5 Å². The van der Waals surface area contributed by atoms with Crippen molar-refractivity contribution in [2.24, 2.45) is 4.99 Å². The van der Waals surface area contributed by atoms with Crippen LogP contribution < -0.4 is 9.47 Å². The smallest absolute Gasteiger partial charge is 0.343 e. The van der Waals surface area contributed by atoms with E-state index in [0.717, 1.165) is 17.7 Å². The Morgan fingerprint density at radius 2 is 1.56 bits per heavy atom. The molecule has 0 aromatic heterocycles. The third-order valence-electron chi connectivity index (χ3n) is 6.17. The molecule has 4 aromatic rings. The quantitative estimate of drug-likeness (QED) is 0.0942. The third kappa shape index (κ3) is 6.82. The number of fused-ring (bicyclic) bond motifs is 1. The molecule has 0 N–H and O–H groups in total. The Morgan fingerprint density at radius 1 is 0.833 bits per heavy atom. The molecule has 0 aliphatic rings. The highest BCUT2D eigenvalue weighted by molar-refractivity contribution is 5.91. The minimum Gasteiger partial charge on any atom is -0.494 e. The molecule has 36 heavy (non-hydrogen) atoms. The van der Waals surface area contributed by atoms with Crippen LogP contribution in [-0.2, 0) is 0 Å². The number of hydrogen-bond donors (Lipinski definition) is 0. The van der Waals surface area contributed by atoms with Crippen LogP contribution in [0.1, 0.15) is 67.1 Å². The highest BCUT2D eigenvalue weighted by Crippen LogP contribution is 2.26. The van der Waals surface area contributed by atoms with Gasteiger partial charge in [0.05, 0.1) is 18.2 Å². The fourth-order valence-electron chi connectivity index (χ4n) is 4.09. The maximum Gasteiger partial charge on any atom is 0.343 e. The average Bonchev–Trinajstić information content (AvgIpc) is 2.92. The van der Waals surface area contributed by atoms with Gasteiger partial charge in [-0.05, 0) is 83.8 Å². The fraction of sp³-hybridized carbons (Fsp3) is 0.250. The molecule has 4 heteroatoms. The van der Waals surface area contributed by atoms with Gasteiger partial charge in [-0.3, -0.25) is 4.99 Å². The number of aliphatic imine (C=N–C) groups is 1. The molecular weight excluding hydrogens is 446 g/mol. The number of ether oxygens (including phenoxy) is 2. The SMILES string of the molecule is CCCCCCOc1ccc(C(=O)Oc2ccc(C=N[C@H](C)c3cccc4ccccc34)cc2)cc1. The van der Waals surface area contributed by atoms with Crippen LogP contribution >= 0.6 is 0 Å². The molecule has 0 unspecified atom stereocenters. The van der Waals surface area contributed by atoms with Crippen LogP contribution in [0.3, 0.4) is 0 Å². The van der Waals surface area contributed by atoms with E-state index < -0.39 is 5.97 Å². The van der Waals surface area contributed by atoms with E-state index in [0.29, 0.717) is 17.9 Å². The molecule has 0 aliphatic carbocycles. The van der Waals surface area contributed by atoms with E-state index in [4.69, 9.17) is 14.5 Å². The fourth-order valence-corrected chi connectivity index (χ4v) is 4.09. The molecule has 0 amide bonds. The molecule has 0 saturated heterocycles. The Labute approximate surface area is 213 Å². The van der Waals surface area contributed by atoms with Crippen molar-refractivity contribution in [3.05, 3.63) is 108 Å². The summed E-state index contributed by atoms with van der Waals surface area (Å²) in [5.41, 5.74) is 2.63. The van der Waals surface area contributed by atoms with Crippen LogP contribution in [0.5, 0.6) is 11.5 Å². The molecule has 0 spiro atoms. The molecule has 0 radical (unpaired) electrons. The number of hydrogen-bond acceptors (Lipinski definition) is 4. The molecular formula is C32H33NO3. The van der Waals surface area contributed by atoms with Crippen LogP contribution in [0.15, 0.2) is 96.0 Å². The highest BCUT2D eigenvalue weighted by atomic mass is 16.5. The summed E-state index contributed by atoms with van der Waals surface area (Å²) in [6, 6.07) is 29.2. The summed E-state index contributed by atoms with van der Waals surface area (Å²) in [6.45, 7) is 4.98. The van der Waals surface area contributed by atoms with Crippen LogP contribution in [0.25, 0.3) is 10.8 Å². The number of nitrogens with zero attached hydrogens (tertiary/aromatic N) is 1. The van der Waals surface area contributed by atoms with Gasteiger partial charge in [0, 0.05) is 6.21 Å². The molecule has 0 saturated carbocycles. The van der Waals surface area contributed by atoms with Gasteiger partial charge >= 0.3 is 5.97 Å². The lowest BCUT2D eigenvalue weighted by Crippen LogP contribution is -2.08. The summed E-state index contributed by atoms with van der Waals surface area (Å²) in [5, 5.41) is 2.44. The van der Waals surface area contributed by atoms with Gasteiger partial charge in [-0.25, -0.2) is 4.79 Å². The van der Waals surface area contributed by atoms with E-state index in [1.54, 1.807) is 24.3 Å². The van der Waals surface area contributed by atoms with Crippen LogP contribution in [-0.4, -0.2) is 18.8 Å². The van der Waals surface area contributed by atoms with E-state index in [9.17, 15) is 4.79 Å². The summed E-state index contributed by atoms with van der Waals surface area (Å²) in [6.07, 6.45) is 6.51. The molecule has 4 nitrogen and oxygen atoms in total. The molecule has 1 atom stereocenters. The Morgan fingerprint density at radius 3 is 2.33 bits per heavy atom. The summed E-state index contributed by atoms with van der Waals surface area (Å²) in [7, 11) is 0.